The number of nitrogens with zero attached hydrogens (tertiary/aromatic N) is 4. The Bertz CT molecular complexity index is 1450. The van der Waals surface area contributed by atoms with E-state index in [1.807, 2.05) is 12.1 Å². The molecule has 2 aromatic carbocycles. The Morgan fingerprint density at radius 2 is 1.50 bits per heavy atom. The van der Waals surface area contributed by atoms with Crippen molar-refractivity contribution in [2.75, 3.05) is 0 Å². The number of aromatic nitrogens is 4. The molecule has 2 bridgehead atoms. The standard InChI is InChI=1S/C24H18N4O5S/c29-23(14-7-3-1-4-8-14)32-19-17-13-27-21-16(25-26-27)11-12-18(34)28(21)22(31-17)20(19)33-24(30)15-9-5-2-6-10-15/h1-12,17,19-20,22H,13H2/t17-,19?,20?,22-/m1/s1. The minimum Gasteiger partial charge on any atom is -0.452 e. The van der Waals surface area contributed by atoms with E-state index in [0.29, 0.717) is 26.9 Å². The quantitative estimate of drug-likeness (QED) is 0.328. The molecule has 0 amide bonds. The number of rotatable bonds is 4. The van der Waals surface area contributed by atoms with E-state index in [4.69, 9.17) is 26.4 Å². The Morgan fingerprint density at radius 1 is 0.882 bits per heavy atom. The zero-order valence-corrected chi connectivity index (χ0v) is 18.5. The van der Waals surface area contributed by atoms with Gasteiger partial charge in [0.05, 0.1) is 17.7 Å². The summed E-state index contributed by atoms with van der Waals surface area (Å²) in [5.41, 5.74) is 2.06. The Hall–Kier alpha value is -3.89. The van der Waals surface area contributed by atoms with Gasteiger partial charge in [-0.3, -0.25) is 4.57 Å². The lowest BCUT2D eigenvalue weighted by Gasteiger charge is -2.27. The number of ether oxygens (including phenoxy) is 3. The van der Waals surface area contributed by atoms with Gasteiger partial charge in [0.25, 0.3) is 0 Å². The number of hydrogen-bond donors (Lipinski definition) is 0. The molecule has 2 aromatic heterocycles. The van der Waals surface area contributed by atoms with Crippen LogP contribution in [0.25, 0.3) is 11.2 Å². The molecule has 0 N–H and O–H groups in total. The molecular weight excluding hydrogens is 456 g/mol. The lowest BCUT2D eigenvalue weighted by Crippen LogP contribution is -2.42. The largest absolute Gasteiger partial charge is 0.452 e. The first-order chi connectivity index (χ1) is 16.6. The SMILES string of the molecule is O=C(OC1C(OC(=O)c2ccccc2)[C@H]2Cn3nnc4ccc(=S)n(c43)[C@@H]1O2)c1ccccc1. The molecule has 6 rings (SSSR count). The second-order valence-electron chi connectivity index (χ2n) is 8.06. The highest BCUT2D eigenvalue weighted by Gasteiger charge is 2.53. The van der Waals surface area contributed by atoms with Crippen molar-refractivity contribution in [1.29, 1.82) is 0 Å². The molecule has 1 saturated heterocycles. The van der Waals surface area contributed by atoms with E-state index < -0.39 is 36.5 Å². The van der Waals surface area contributed by atoms with Gasteiger partial charge in [0.2, 0.25) is 0 Å². The molecule has 9 nitrogen and oxygen atoms in total. The third-order valence-corrected chi connectivity index (χ3v) is 6.31. The van der Waals surface area contributed by atoms with Gasteiger partial charge in [-0.2, -0.15) is 0 Å². The molecule has 170 valence electrons. The predicted octanol–water partition coefficient (Wildman–Crippen LogP) is 3.32. The van der Waals surface area contributed by atoms with Crippen LogP contribution in [0.5, 0.6) is 0 Å². The Morgan fingerprint density at radius 3 is 2.15 bits per heavy atom. The van der Waals surface area contributed by atoms with E-state index in [1.165, 1.54) is 0 Å². The second-order valence-corrected chi connectivity index (χ2v) is 8.48. The van der Waals surface area contributed by atoms with Crippen LogP contribution in [-0.4, -0.2) is 49.8 Å². The number of benzene rings is 2. The maximum Gasteiger partial charge on any atom is 0.338 e. The summed E-state index contributed by atoms with van der Waals surface area (Å²) >= 11 is 5.59. The van der Waals surface area contributed by atoms with Gasteiger partial charge in [-0.25, -0.2) is 14.3 Å². The van der Waals surface area contributed by atoms with Gasteiger partial charge in [-0.05, 0) is 36.4 Å². The zero-order valence-electron chi connectivity index (χ0n) is 17.7. The maximum atomic E-state index is 13.0. The van der Waals surface area contributed by atoms with Crippen molar-refractivity contribution >= 4 is 35.3 Å². The molecular formula is C24H18N4O5S. The van der Waals surface area contributed by atoms with Crippen LogP contribution in [0.4, 0.5) is 0 Å². The summed E-state index contributed by atoms with van der Waals surface area (Å²) in [4.78, 5) is 26.0. The summed E-state index contributed by atoms with van der Waals surface area (Å²) in [5.74, 6) is -1.09. The van der Waals surface area contributed by atoms with Crippen molar-refractivity contribution in [2.24, 2.45) is 0 Å². The molecule has 4 aromatic rings. The van der Waals surface area contributed by atoms with Gasteiger partial charge < -0.3 is 14.2 Å². The summed E-state index contributed by atoms with van der Waals surface area (Å²) in [6, 6.07) is 20.8. The average Bonchev–Trinajstić information content (AvgIpc) is 3.35. The van der Waals surface area contributed by atoms with Crippen LogP contribution in [0.3, 0.4) is 0 Å². The van der Waals surface area contributed by atoms with Crippen molar-refractivity contribution in [2.45, 2.75) is 31.1 Å². The van der Waals surface area contributed by atoms with Crippen molar-refractivity contribution < 1.29 is 23.8 Å². The van der Waals surface area contributed by atoms with Gasteiger partial charge in [-0.1, -0.05) is 53.8 Å². The van der Waals surface area contributed by atoms with Crippen molar-refractivity contribution in [3.05, 3.63) is 88.6 Å². The number of carbonyl (C=O) groups is 2. The molecule has 34 heavy (non-hydrogen) atoms. The van der Waals surface area contributed by atoms with Crippen molar-refractivity contribution in [3.63, 3.8) is 0 Å². The number of hydrogen-bond acceptors (Lipinski definition) is 8. The summed E-state index contributed by atoms with van der Waals surface area (Å²) < 4.78 is 22.0. The van der Waals surface area contributed by atoms with Crippen LogP contribution < -0.4 is 0 Å². The Labute approximate surface area is 198 Å². The summed E-state index contributed by atoms with van der Waals surface area (Å²) in [6.45, 7) is 0.248. The smallest absolute Gasteiger partial charge is 0.338 e. The monoisotopic (exact) mass is 474 g/mol. The molecule has 4 heterocycles. The molecule has 1 fully saturated rings. The van der Waals surface area contributed by atoms with E-state index in [-0.39, 0.29) is 6.54 Å². The van der Waals surface area contributed by atoms with Gasteiger partial charge in [0.15, 0.2) is 24.1 Å². The normalized spacial score (nSPS) is 22.8. The Kier molecular flexibility index (Phi) is 4.96. The number of carbonyl (C=O) groups excluding carboxylic acids is 2. The molecule has 2 aliphatic heterocycles. The first kappa shape index (κ1) is 20.7. The Balaban J connectivity index is 1.42. The van der Waals surface area contributed by atoms with Gasteiger partial charge >= 0.3 is 11.9 Å². The lowest BCUT2D eigenvalue weighted by molar-refractivity contribution is -0.0479. The van der Waals surface area contributed by atoms with E-state index in [2.05, 4.69) is 10.3 Å². The third-order valence-electron chi connectivity index (χ3n) is 5.98. The molecule has 2 aliphatic rings. The zero-order chi connectivity index (χ0) is 23.2. The van der Waals surface area contributed by atoms with Crippen LogP contribution >= 0.6 is 12.2 Å². The highest BCUT2D eigenvalue weighted by Crippen LogP contribution is 2.39. The molecule has 0 spiro atoms. The van der Waals surface area contributed by atoms with Crippen LogP contribution in [0.15, 0.2) is 72.8 Å². The average molecular weight is 474 g/mol. The first-order valence-corrected chi connectivity index (χ1v) is 11.1. The highest BCUT2D eigenvalue weighted by atomic mass is 32.1. The van der Waals surface area contributed by atoms with Gasteiger partial charge in [0.1, 0.15) is 16.3 Å². The molecule has 4 atom stereocenters. The van der Waals surface area contributed by atoms with E-state index in [9.17, 15) is 9.59 Å². The fraction of sp³-hybridized carbons (Fsp3) is 0.208. The summed E-state index contributed by atoms with van der Waals surface area (Å²) in [7, 11) is 0. The maximum absolute atomic E-state index is 13.0. The van der Waals surface area contributed by atoms with Crippen LogP contribution in [0.2, 0.25) is 0 Å². The summed E-state index contributed by atoms with van der Waals surface area (Å²) in [6.07, 6.45) is -3.28. The van der Waals surface area contributed by atoms with Crippen LogP contribution in [0, 0.1) is 4.64 Å². The molecule has 0 radical (unpaired) electrons. The minimum atomic E-state index is -0.939. The minimum absolute atomic E-state index is 0.248. The predicted molar refractivity (Wildman–Crippen MR) is 122 cm³/mol. The summed E-state index contributed by atoms with van der Waals surface area (Å²) in [5, 5.41) is 8.43. The molecule has 10 heteroatoms. The number of fused-ring (bicyclic) bond motifs is 3. The molecule has 0 aliphatic carbocycles. The van der Waals surface area contributed by atoms with Gasteiger partial charge in [0, 0.05) is 0 Å². The van der Waals surface area contributed by atoms with Gasteiger partial charge in [-0.15, -0.1) is 5.10 Å². The second kappa shape index (κ2) is 8.15. The van der Waals surface area contributed by atoms with E-state index in [0.717, 1.165) is 0 Å². The molecule has 2 unspecified atom stereocenters. The third kappa shape index (κ3) is 3.39. The van der Waals surface area contributed by atoms with E-state index >= 15 is 0 Å². The van der Waals surface area contributed by atoms with Crippen molar-refractivity contribution in [3.8, 4) is 0 Å². The lowest BCUT2D eigenvalue weighted by atomic mass is 10.1. The number of esters is 2. The fourth-order valence-electron chi connectivity index (χ4n) is 4.41. The number of pyridine rings is 1. The fourth-order valence-corrected chi connectivity index (χ4v) is 4.67. The molecule has 0 saturated carbocycles. The van der Waals surface area contributed by atoms with Crippen LogP contribution in [0.1, 0.15) is 26.9 Å². The van der Waals surface area contributed by atoms with Crippen LogP contribution in [-0.2, 0) is 20.8 Å². The topological polar surface area (TPSA) is 97.5 Å². The first-order valence-electron chi connectivity index (χ1n) is 10.7. The van der Waals surface area contributed by atoms with E-state index in [1.54, 1.807) is 69.9 Å². The highest BCUT2D eigenvalue weighted by molar-refractivity contribution is 7.71. The van der Waals surface area contributed by atoms with Crippen molar-refractivity contribution in [1.82, 2.24) is 19.6 Å².